The Morgan fingerprint density at radius 2 is 1.08 bits per heavy atom. The molecule has 0 bridgehead atoms. The summed E-state index contributed by atoms with van der Waals surface area (Å²) >= 11 is 0. The lowest BCUT2D eigenvalue weighted by Gasteiger charge is -2.05. The first-order chi connectivity index (χ1) is 11.5. The van der Waals surface area contributed by atoms with E-state index < -0.39 is 11.9 Å². The third kappa shape index (κ3) is 4.02. The number of hydrogen-bond donors (Lipinski definition) is 2. The molecular weight excluding hydrogens is 342 g/mol. The van der Waals surface area contributed by atoms with Crippen LogP contribution in [0.5, 0.6) is 0 Å². The Morgan fingerprint density at radius 3 is 1.48 bits per heavy atom. The summed E-state index contributed by atoms with van der Waals surface area (Å²) in [7, 11) is 0. The van der Waals surface area contributed by atoms with E-state index in [2.05, 4.69) is 4.98 Å². The fourth-order valence-electron chi connectivity index (χ4n) is 2.32. The number of carboxylic acids is 2. The molecule has 6 heteroatoms. The lowest BCUT2D eigenvalue weighted by molar-refractivity contribution is 0.0686. The standard InChI is InChI=1S/C19H13NO4.ClH/c21-18(22)14-5-1-12(2-6-14)16-9-10-17(20-11-16)13-3-7-15(8-4-13)19(23)24;/h1-11H,(H,21,22)(H,23,24);1H. The van der Waals surface area contributed by atoms with Crippen molar-refractivity contribution in [3.05, 3.63) is 78.0 Å². The van der Waals surface area contributed by atoms with Crippen LogP contribution in [0, 0.1) is 0 Å². The van der Waals surface area contributed by atoms with Gasteiger partial charge in [0, 0.05) is 17.3 Å². The van der Waals surface area contributed by atoms with E-state index >= 15 is 0 Å². The SMILES string of the molecule is Cl.O=C(O)c1ccc(-c2ccc(-c3ccc(C(=O)O)cc3)nc2)cc1. The maximum Gasteiger partial charge on any atom is 0.335 e. The van der Waals surface area contributed by atoms with Crippen LogP contribution < -0.4 is 0 Å². The van der Waals surface area contributed by atoms with E-state index in [9.17, 15) is 9.59 Å². The first-order valence-electron chi connectivity index (χ1n) is 7.18. The zero-order chi connectivity index (χ0) is 17.1. The number of carboxylic acid groups (broad SMARTS) is 2. The third-order valence-corrected chi connectivity index (χ3v) is 3.66. The molecule has 3 aromatic rings. The number of benzene rings is 2. The summed E-state index contributed by atoms with van der Waals surface area (Å²) in [6.45, 7) is 0. The minimum Gasteiger partial charge on any atom is -0.478 e. The van der Waals surface area contributed by atoms with Crippen molar-refractivity contribution >= 4 is 24.3 Å². The van der Waals surface area contributed by atoms with Crippen LogP contribution in [0.1, 0.15) is 20.7 Å². The van der Waals surface area contributed by atoms with Crippen molar-refractivity contribution in [2.24, 2.45) is 0 Å². The Kier molecular flexibility index (Phi) is 5.52. The lowest BCUT2D eigenvalue weighted by atomic mass is 10.0. The van der Waals surface area contributed by atoms with E-state index in [0.717, 1.165) is 22.4 Å². The summed E-state index contributed by atoms with van der Waals surface area (Å²) in [6, 6.07) is 16.8. The zero-order valence-electron chi connectivity index (χ0n) is 12.9. The summed E-state index contributed by atoms with van der Waals surface area (Å²) < 4.78 is 0. The average molecular weight is 356 g/mol. The van der Waals surface area contributed by atoms with Crippen LogP contribution in [-0.2, 0) is 0 Å². The number of hydrogen-bond acceptors (Lipinski definition) is 3. The molecule has 2 aromatic carbocycles. The Morgan fingerprint density at radius 1 is 0.640 bits per heavy atom. The van der Waals surface area contributed by atoms with Crippen molar-refractivity contribution in [3.8, 4) is 22.4 Å². The molecule has 126 valence electrons. The number of rotatable bonds is 4. The molecule has 0 spiro atoms. The highest BCUT2D eigenvalue weighted by Gasteiger charge is 2.06. The van der Waals surface area contributed by atoms with E-state index in [1.165, 1.54) is 12.1 Å². The minimum absolute atomic E-state index is 0. The maximum atomic E-state index is 10.9. The number of carbonyl (C=O) groups is 2. The van der Waals surface area contributed by atoms with Crippen molar-refractivity contribution in [3.63, 3.8) is 0 Å². The minimum atomic E-state index is -0.963. The number of halogens is 1. The highest BCUT2D eigenvalue weighted by atomic mass is 35.5. The second-order valence-electron chi connectivity index (χ2n) is 5.20. The van der Waals surface area contributed by atoms with Crippen molar-refractivity contribution in [2.75, 3.05) is 0 Å². The summed E-state index contributed by atoms with van der Waals surface area (Å²) in [5.74, 6) is -1.92. The smallest absolute Gasteiger partial charge is 0.335 e. The monoisotopic (exact) mass is 355 g/mol. The molecule has 0 amide bonds. The fraction of sp³-hybridized carbons (Fsp3) is 0. The normalized spacial score (nSPS) is 9.92. The molecule has 0 unspecified atom stereocenters. The van der Waals surface area contributed by atoms with E-state index in [-0.39, 0.29) is 23.5 Å². The van der Waals surface area contributed by atoms with E-state index in [0.29, 0.717) is 0 Å². The predicted molar refractivity (Wildman–Crippen MR) is 96.3 cm³/mol. The Hall–Kier alpha value is -3.18. The summed E-state index contributed by atoms with van der Waals surface area (Å²) in [4.78, 5) is 26.1. The number of pyridine rings is 1. The summed E-state index contributed by atoms with van der Waals surface area (Å²) in [5.41, 5.74) is 3.78. The van der Waals surface area contributed by atoms with Gasteiger partial charge < -0.3 is 10.2 Å². The zero-order valence-corrected chi connectivity index (χ0v) is 13.7. The van der Waals surface area contributed by atoms with Crippen molar-refractivity contribution in [1.82, 2.24) is 4.98 Å². The molecule has 2 N–H and O–H groups in total. The molecule has 0 aliphatic carbocycles. The van der Waals surface area contributed by atoms with Gasteiger partial charge >= 0.3 is 11.9 Å². The molecule has 0 radical (unpaired) electrons. The van der Waals surface area contributed by atoms with Gasteiger partial charge in [-0.15, -0.1) is 12.4 Å². The molecule has 0 aliphatic heterocycles. The van der Waals surface area contributed by atoms with Gasteiger partial charge in [-0.25, -0.2) is 9.59 Å². The summed E-state index contributed by atoms with van der Waals surface area (Å²) in [6.07, 6.45) is 1.70. The van der Waals surface area contributed by atoms with Gasteiger partial charge in [-0.1, -0.05) is 30.3 Å². The molecule has 0 saturated heterocycles. The van der Waals surface area contributed by atoms with Gasteiger partial charge in [0.05, 0.1) is 16.8 Å². The van der Waals surface area contributed by atoms with E-state index in [4.69, 9.17) is 10.2 Å². The Balaban J connectivity index is 0.00000225. The molecule has 0 fully saturated rings. The Bertz CT molecular complexity index is 812. The van der Waals surface area contributed by atoms with Crippen LogP contribution in [0.15, 0.2) is 66.9 Å². The second kappa shape index (κ2) is 7.59. The molecular formula is C19H14ClNO4. The molecule has 3 rings (SSSR count). The Labute approximate surface area is 150 Å². The molecule has 1 aromatic heterocycles. The lowest BCUT2D eigenvalue weighted by Crippen LogP contribution is -1.95. The van der Waals surface area contributed by atoms with Crippen LogP contribution in [0.25, 0.3) is 22.4 Å². The van der Waals surface area contributed by atoms with Crippen molar-refractivity contribution in [2.45, 2.75) is 0 Å². The third-order valence-electron chi connectivity index (χ3n) is 3.66. The maximum absolute atomic E-state index is 10.9. The van der Waals surface area contributed by atoms with Crippen LogP contribution in [-0.4, -0.2) is 27.1 Å². The molecule has 0 atom stereocenters. The molecule has 25 heavy (non-hydrogen) atoms. The highest BCUT2D eigenvalue weighted by Crippen LogP contribution is 2.23. The van der Waals surface area contributed by atoms with Crippen LogP contribution in [0.2, 0.25) is 0 Å². The first-order valence-corrected chi connectivity index (χ1v) is 7.18. The van der Waals surface area contributed by atoms with Crippen LogP contribution >= 0.6 is 12.4 Å². The van der Waals surface area contributed by atoms with Crippen LogP contribution in [0.3, 0.4) is 0 Å². The predicted octanol–water partition coefficient (Wildman–Crippen LogP) is 4.23. The highest BCUT2D eigenvalue weighted by molar-refractivity contribution is 5.89. The topological polar surface area (TPSA) is 87.5 Å². The van der Waals surface area contributed by atoms with Crippen LogP contribution in [0.4, 0.5) is 0 Å². The van der Waals surface area contributed by atoms with Gasteiger partial charge in [0.1, 0.15) is 0 Å². The van der Waals surface area contributed by atoms with Gasteiger partial charge in [-0.2, -0.15) is 0 Å². The van der Waals surface area contributed by atoms with Gasteiger partial charge in [0.25, 0.3) is 0 Å². The van der Waals surface area contributed by atoms with E-state index in [1.807, 2.05) is 12.1 Å². The second-order valence-corrected chi connectivity index (χ2v) is 5.20. The average Bonchev–Trinajstić information content (AvgIpc) is 2.62. The fourth-order valence-corrected chi connectivity index (χ4v) is 2.32. The summed E-state index contributed by atoms with van der Waals surface area (Å²) in [5, 5.41) is 17.8. The molecule has 5 nitrogen and oxygen atoms in total. The van der Waals surface area contributed by atoms with E-state index in [1.54, 1.807) is 42.6 Å². The quantitative estimate of drug-likeness (QED) is 0.731. The molecule has 1 heterocycles. The van der Waals surface area contributed by atoms with Gasteiger partial charge in [-0.3, -0.25) is 4.98 Å². The first kappa shape index (κ1) is 18.2. The van der Waals surface area contributed by atoms with Crippen molar-refractivity contribution in [1.29, 1.82) is 0 Å². The van der Waals surface area contributed by atoms with Gasteiger partial charge in [0.15, 0.2) is 0 Å². The van der Waals surface area contributed by atoms with Crippen molar-refractivity contribution < 1.29 is 19.8 Å². The number of aromatic carboxylic acids is 2. The molecule has 0 aliphatic rings. The largest absolute Gasteiger partial charge is 0.478 e. The number of aromatic nitrogens is 1. The van der Waals surface area contributed by atoms with Gasteiger partial charge in [-0.05, 0) is 35.9 Å². The van der Waals surface area contributed by atoms with Gasteiger partial charge in [0.2, 0.25) is 0 Å². The molecule has 0 saturated carbocycles. The number of nitrogens with zero attached hydrogens (tertiary/aromatic N) is 1.